The molecule has 8 N–H and O–H groups in total. The van der Waals surface area contributed by atoms with Gasteiger partial charge in [-0.3, -0.25) is 5.73 Å². The zero-order chi connectivity index (χ0) is 6.78. The molecule has 0 aliphatic carbocycles. The minimum absolute atomic E-state index is 0. The van der Waals surface area contributed by atoms with Gasteiger partial charge in [0.2, 0.25) is 5.91 Å². The van der Waals surface area contributed by atoms with Gasteiger partial charge in [0.25, 0.3) is 5.95 Å². The summed E-state index contributed by atoms with van der Waals surface area (Å²) in [5.74, 6) is -3.86. The third kappa shape index (κ3) is 11.0. The van der Waals surface area contributed by atoms with Gasteiger partial charge in [0.05, 0.1) is 6.08 Å². The lowest BCUT2D eigenvalue weighted by molar-refractivity contribution is -0.116. The van der Waals surface area contributed by atoms with E-state index in [9.17, 15) is 0 Å². The van der Waals surface area contributed by atoms with Crippen molar-refractivity contribution in [3.8, 4) is 0 Å². The Bertz CT molecular complexity index is 99.3. The van der Waals surface area contributed by atoms with Crippen molar-refractivity contribution >= 4 is 0 Å². The summed E-state index contributed by atoms with van der Waals surface area (Å²) in [6, 6.07) is 0. The Balaban J connectivity index is 0. The normalized spacial score (nSPS) is 9.67. The van der Waals surface area contributed by atoms with E-state index in [1.54, 1.807) is 0 Å². The fourth-order valence-electron chi connectivity index (χ4n) is 0.190. The van der Waals surface area contributed by atoms with Crippen LogP contribution in [0, 0.1) is 0 Å². The van der Waals surface area contributed by atoms with E-state index in [-0.39, 0.29) is 11.6 Å². The Morgan fingerprint density at radius 1 is 1.33 bits per heavy atom. The zero-order valence-corrected chi connectivity index (χ0v) is 4.44. The highest BCUT2D eigenvalue weighted by Crippen LogP contribution is 1.91. The molecule has 0 saturated carbocycles. The molecule has 0 fully saturated rings. The predicted molar refractivity (Wildman–Crippen MR) is 28.3 cm³/mol. The summed E-state index contributed by atoms with van der Waals surface area (Å²) in [4.78, 5) is 0. The number of aliphatic hydroxyl groups is 4. The molecule has 0 heterocycles. The molecule has 0 spiro atoms. The molecular formula is C3H9NO5. The molecule has 6 heteroatoms. The van der Waals surface area contributed by atoms with Gasteiger partial charge in [-0.25, -0.2) is 0 Å². The van der Waals surface area contributed by atoms with Crippen LogP contribution in [0.1, 0.15) is 0 Å². The van der Waals surface area contributed by atoms with Crippen molar-refractivity contribution in [1.82, 2.24) is 0 Å². The molecule has 0 aromatic rings. The maximum atomic E-state index is 8.12. The maximum Gasteiger partial charge on any atom is 0.276 e. The van der Waals surface area contributed by atoms with Gasteiger partial charge < -0.3 is 25.9 Å². The Kier molecular flexibility index (Phi) is 3.99. The Labute approximate surface area is 50.8 Å². The molecule has 0 amide bonds. The zero-order valence-electron chi connectivity index (χ0n) is 4.44. The number of rotatable bonds is 1. The summed E-state index contributed by atoms with van der Waals surface area (Å²) in [5, 5.41) is 32.1. The summed E-state index contributed by atoms with van der Waals surface area (Å²) in [5.41, 5.74) is 4.45. The van der Waals surface area contributed by atoms with Gasteiger partial charge in [-0.05, 0) is 0 Å². The smallest absolute Gasteiger partial charge is 0.276 e. The Morgan fingerprint density at radius 2 is 1.67 bits per heavy atom. The third-order valence-corrected chi connectivity index (χ3v) is 0.342. The minimum Gasteiger partial charge on any atom is -0.481 e. The monoisotopic (exact) mass is 139 g/mol. The molecule has 0 unspecified atom stereocenters. The van der Waals surface area contributed by atoms with Crippen LogP contribution >= 0.6 is 0 Å². The van der Waals surface area contributed by atoms with Crippen LogP contribution in [-0.4, -0.2) is 31.8 Å². The standard InChI is InChI=1S/C3H7NO4.H2O/c4-3(7,8)1-2(5)6;/h1,5-8H,4H2;1H2. The average Bonchev–Trinajstić information content (AvgIpc) is 1.21. The second-order valence-electron chi connectivity index (χ2n) is 1.29. The van der Waals surface area contributed by atoms with Crippen molar-refractivity contribution in [2.45, 2.75) is 5.91 Å². The molecule has 9 heavy (non-hydrogen) atoms. The van der Waals surface area contributed by atoms with Gasteiger partial charge in [0.1, 0.15) is 0 Å². The number of hydrogen-bond acceptors (Lipinski definition) is 5. The number of hydrogen-bond donors (Lipinski definition) is 5. The van der Waals surface area contributed by atoms with Crippen molar-refractivity contribution in [3.63, 3.8) is 0 Å². The number of nitrogens with two attached hydrogens (primary N) is 1. The van der Waals surface area contributed by atoms with Gasteiger partial charge in [-0.2, -0.15) is 0 Å². The van der Waals surface area contributed by atoms with E-state index in [1.807, 2.05) is 0 Å². The van der Waals surface area contributed by atoms with Gasteiger partial charge >= 0.3 is 0 Å². The van der Waals surface area contributed by atoms with E-state index in [1.165, 1.54) is 0 Å². The highest BCUT2D eigenvalue weighted by atomic mass is 16.5. The highest BCUT2D eigenvalue weighted by molar-refractivity contribution is 4.88. The van der Waals surface area contributed by atoms with E-state index >= 15 is 0 Å². The third-order valence-electron chi connectivity index (χ3n) is 0.342. The first kappa shape index (κ1) is 11.0. The largest absolute Gasteiger partial charge is 0.481 e. The SMILES string of the molecule is NC(O)(O)C=C(O)O.O. The van der Waals surface area contributed by atoms with E-state index in [2.05, 4.69) is 5.73 Å². The lowest BCUT2D eigenvalue weighted by Gasteiger charge is -2.07. The second kappa shape index (κ2) is 3.25. The van der Waals surface area contributed by atoms with Crippen LogP contribution in [0.25, 0.3) is 0 Å². The van der Waals surface area contributed by atoms with Crippen LogP contribution in [0.15, 0.2) is 12.0 Å². The average molecular weight is 139 g/mol. The van der Waals surface area contributed by atoms with Crippen LogP contribution in [0.5, 0.6) is 0 Å². The topological polar surface area (TPSA) is 138 Å². The molecule has 0 rings (SSSR count). The molecule has 0 saturated heterocycles. The highest BCUT2D eigenvalue weighted by Gasteiger charge is 2.12. The molecule has 56 valence electrons. The van der Waals surface area contributed by atoms with Crippen molar-refractivity contribution in [2.24, 2.45) is 5.73 Å². The van der Waals surface area contributed by atoms with E-state index in [4.69, 9.17) is 20.4 Å². The first-order chi connectivity index (χ1) is 3.42. The van der Waals surface area contributed by atoms with Crippen molar-refractivity contribution in [1.29, 1.82) is 0 Å². The first-order valence-corrected chi connectivity index (χ1v) is 1.76. The molecule has 0 bridgehead atoms. The molecule has 6 nitrogen and oxygen atoms in total. The number of aliphatic hydroxyl groups excluding tert-OH is 1. The van der Waals surface area contributed by atoms with E-state index in [0.29, 0.717) is 0 Å². The fraction of sp³-hybridized carbons (Fsp3) is 0.333. The van der Waals surface area contributed by atoms with Crippen LogP contribution in [0.3, 0.4) is 0 Å². The minimum atomic E-state index is -2.64. The molecule has 0 aromatic heterocycles. The predicted octanol–water partition coefficient (Wildman–Crippen LogP) is -2.28. The second-order valence-corrected chi connectivity index (χ2v) is 1.29. The van der Waals surface area contributed by atoms with Gasteiger partial charge in [-0.1, -0.05) is 0 Å². The summed E-state index contributed by atoms with van der Waals surface area (Å²) in [6.07, 6.45) is 0.271. The van der Waals surface area contributed by atoms with Crippen LogP contribution in [0.2, 0.25) is 0 Å². The van der Waals surface area contributed by atoms with Crippen LogP contribution in [0.4, 0.5) is 0 Å². The van der Waals surface area contributed by atoms with Crippen molar-refractivity contribution in [2.75, 3.05) is 0 Å². The summed E-state index contributed by atoms with van der Waals surface area (Å²) < 4.78 is 0. The summed E-state index contributed by atoms with van der Waals surface area (Å²) in [7, 11) is 0. The van der Waals surface area contributed by atoms with Crippen LogP contribution in [-0.2, 0) is 0 Å². The van der Waals surface area contributed by atoms with Crippen molar-refractivity contribution < 1.29 is 25.9 Å². The summed E-state index contributed by atoms with van der Waals surface area (Å²) >= 11 is 0. The molecular weight excluding hydrogens is 130 g/mol. The molecule has 0 aliphatic rings. The lowest BCUT2D eigenvalue weighted by atomic mass is 10.5. The summed E-state index contributed by atoms with van der Waals surface area (Å²) in [6.45, 7) is 0. The maximum absolute atomic E-state index is 8.12. The van der Waals surface area contributed by atoms with Gasteiger partial charge in [0.15, 0.2) is 0 Å². The van der Waals surface area contributed by atoms with E-state index in [0.717, 1.165) is 0 Å². The van der Waals surface area contributed by atoms with E-state index < -0.39 is 11.9 Å². The van der Waals surface area contributed by atoms with Gasteiger partial charge in [0, 0.05) is 0 Å². The lowest BCUT2D eigenvalue weighted by Crippen LogP contribution is -2.36. The Morgan fingerprint density at radius 3 is 1.67 bits per heavy atom. The fourth-order valence-corrected chi connectivity index (χ4v) is 0.190. The molecule has 0 aromatic carbocycles. The van der Waals surface area contributed by atoms with Crippen molar-refractivity contribution in [3.05, 3.63) is 12.0 Å². The first-order valence-electron chi connectivity index (χ1n) is 1.76. The quantitative estimate of drug-likeness (QED) is 0.205. The molecule has 0 aliphatic heterocycles. The van der Waals surface area contributed by atoms with Crippen LogP contribution < -0.4 is 5.73 Å². The molecule has 0 radical (unpaired) electrons. The Hall–Kier alpha value is -0.820. The van der Waals surface area contributed by atoms with Gasteiger partial charge in [-0.15, -0.1) is 0 Å². The molecule has 0 atom stereocenters.